The summed E-state index contributed by atoms with van der Waals surface area (Å²) in [5.74, 6) is 1.15. The minimum Gasteiger partial charge on any atom is -0.486 e. The maximum Gasteiger partial charge on any atom is 0.282 e. The number of nitrogens with two attached hydrogens (primary N) is 1. The molecule has 3 N–H and O–H groups in total. The summed E-state index contributed by atoms with van der Waals surface area (Å²) < 4.78 is 11.3. The molecule has 4 rings (SSSR count). The van der Waals surface area contributed by atoms with Gasteiger partial charge < -0.3 is 25.0 Å². The minimum atomic E-state index is -0.231. The Morgan fingerprint density at radius 2 is 1.90 bits per heavy atom. The third-order valence-corrected chi connectivity index (χ3v) is 6.39. The van der Waals surface area contributed by atoms with Crippen LogP contribution in [0.25, 0.3) is 0 Å². The van der Waals surface area contributed by atoms with Crippen LogP contribution in [0.2, 0.25) is 0 Å². The molecule has 29 heavy (non-hydrogen) atoms. The smallest absolute Gasteiger partial charge is 0.282 e. The van der Waals surface area contributed by atoms with Gasteiger partial charge in [-0.3, -0.25) is 9.59 Å². The number of quaternary nitrogens is 1. The van der Waals surface area contributed by atoms with Gasteiger partial charge in [0, 0.05) is 35.4 Å². The number of carbonyl (C=O) groups excluding carboxylic acids is 2. The number of likely N-dealkylation sites (tertiary alicyclic amines) is 1. The Labute approximate surface area is 174 Å². The highest BCUT2D eigenvalue weighted by molar-refractivity contribution is 7.09. The number of carbonyl (C=O) groups is 2. The van der Waals surface area contributed by atoms with Crippen molar-refractivity contribution in [1.29, 1.82) is 0 Å². The first-order valence-corrected chi connectivity index (χ1v) is 10.8. The number of amides is 2. The van der Waals surface area contributed by atoms with Gasteiger partial charge in [0.1, 0.15) is 13.2 Å². The number of hydrogen-bond acceptors (Lipinski definition) is 5. The topological polar surface area (TPSA) is 86.3 Å². The van der Waals surface area contributed by atoms with Gasteiger partial charge in [0.25, 0.3) is 5.91 Å². The summed E-state index contributed by atoms with van der Waals surface area (Å²) in [5, 5.41) is 2.02. The highest BCUT2D eigenvalue weighted by atomic mass is 32.1. The van der Waals surface area contributed by atoms with Crippen molar-refractivity contribution in [3.05, 3.63) is 40.6 Å². The van der Waals surface area contributed by atoms with Gasteiger partial charge in [0.15, 0.2) is 18.0 Å². The van der Waals surface area contributed by atoms with Crippen LogP contribution in [0.1, 0.15) is 17.7 Å². The zero-order valence-corrected chi connectivity index (χ0v) is 17.1. The molecule has 8 heteroatoms. The van der Waals surface area contributed by atoms with E-state index in [0.29, 0.717) is 37.8 Å². The highest BCUT2D eigenvalue weighted by Gasteiger charge is 2.29. The molecule has 2 aromatic rings. The molecular formula is C21H26N3O4S+. The van der Waals surface area contributed by atoms with E-state index in [-0.39, 0.29) is 17.7 Å². The van der Waals surface area contributed by atoms with Crippen LogP contribution in [-0.4, -0.2) is 44.7 Å². The maximum atomic E-state index is 13.3. The van der Waals surface area contributed by atoms with Gasteiger partial charge in [-0.25, -0.2) is 0 Å². The van der Waals surface area contributed by atoms with Crippen LogP contribution in [0.4, 0.5) is 5.69 Å². The Hall–Kier alpha value is -2.58. The molecular weight excluding hydrogens is 390 g/mol. The lowest BCUT2D eigenvalue weighted by Gasteiger charge is -2.30. The average Bonchev–Trinajstić information content (AvgIpc) is 3.25. The molecule has 0 radical (unpaired) electrons. The molecule has 7 nitrogen and oxygen atoms in total. The Morgan fingerprint density at radius 1 is 1.14 bits per heavy atom. The molecule has 0 saturated carbocycles. The third-order valence-electron chi connectivity index (χ3n) is 5.53. The van der Waals surface area contributed by atoms with Gasteiger partial charge >= 0.3 is 0 Å². The lowest BCUT2D eigenvalue weighted by molar-refractivity contribution is -0.897. The number of benzene rings is 1. The Kier molecular flexibility index (Phi) is 6.01. The van der Waals surface area contributed by atoms with Crippen LogP contribution >= 0.6 is 11.3 Å². The van der Waals surface area contributed by atoms with Crippen LogP contribution < -0.4 is 25.0 Å². The van der Waals surface area contributed by atoms with Crippen LogP contribution in [-0.2, 0) is 16.1 Å². The van der Waals surface area contributed by atoms with Gasteiger partial charge in [-0.15, -0.1) is 11.3 Å². The summed E-state index contributed by atoms with van der Waals surface area (Å²) in [7, 11) is 0. The Balaban J connectivity index is 1.50. The summed E-state index contributed by atoms with van der Waals surface area (Å²) in [5.41, 5.74) is 6.23. The Morgan fingerprint density at radius 3 is 2.59 bits per heavy atom. The SMILES string of the molecule is NC(=O)C1CC[NH+](CC(=O)N(Cc2cccs2)c2ccc3c(c2)OCCO3)CC1. The summed E-state index contributed by atoms with van der Waals surface area (Å²) in [6.45, 7) is 3.53. The number of fused-ring (bicyclic) bond motifs is 1. The number of rotatable bonds is 6. The second-order valence-corrected chi connectivity index (χ2v) is 8.52. The molecule has 0 unspecified atom stereocenters. The van der Waals surface area contributed by atoms with Gasteiger partial charge in [-0.05, 0) is 23.6 Å². The molecule has 0 spiro atoms. The lowest BCUT2D eigenvalue weighted by atomic mass is 9.96. The summed E-state index contributed by atoms with van der Waals surface area (Å²) >= 11 is 1.63. The van der Waals surface area contributed by atoms with Crippen molar-refractivity contribution in [3.8, 4) is 11.5 Å². The molecule has 0 aliphatic carbocycles. The maximum absolute atomic E-state index is 13.3. The number of anilines is 1. The van der Waals surface area contributed by atoms with Crippen molar-refractivity contribution in [3.63, 3.8) is 0 Å². The molecule has 2 amide bonds. The van der Waals surface area contributed by atoms with Crippen molar-refractivity contribution >= 4 is 28.8 Å². The first-order valence-electron chi connectivity index (χ1n) is 9.95. The molecule has 154 valence electrons. The van der Waals surface area contributed by atoms with Crippen molar-refractivity contribution < 1.29 is 24.0 Å². The van der Waals surface area contributed by atoms with E-state index in [2.05, 4.69) is 0 Å². The number of nitrogens with zero attached hydrogens (tertiary/aromatic N) is 1. The van der Waals surface area contributed by atoms with Crippen molar-refractivity contribution in [2.75, 3.05) is 37.7 Å². The third kappa shape index (κ3) is 4.71. The van der Waals surface area contributed by atoms with E-state index < -0.39 is 0 Å². The molecule has 1 fully saturated rings. The van der Waals surface area contributed by atoms with E-state index >= 15 is 0 Å². The second kappa shape index (κ2) is 8.84. The van der Waals surface area contributed by atoms with Crippen LogP contribution in [0.3, 0.4) is 0 Å². The van der Waals surface area contributed by atoms with Crippen molar-refractivity contribution in [2.24, 2.45) is 11.7 Å². The molecule has 1 saturated heterocycles. The van der Waals surface area contributed by atoms with Crippen LogP contribution in [0.5, 0.6) is 11.5 Å². The molecule has 2 aliphatic heterocycles. The predicted molar refractivity (Wildman–Crippen MR) is 110 cm³/mol. The molecule has 0 bridgehead atoms. The van der Waals surface area contributed by atoms with E-state index in [0.717, 1.165) is 36.5 Å². The summed E-state index contributed by atoms with van der Waals surface area (Å²) in [6.07, 6.45) is 1.49. The molecule has 2 aliphatic rings. The fraction of sp³-hybridized carbons (Fsp3) is 0.429. The van der Waals surface area contributed by atoms with E-state index in [1.165, 1.54) is 4.90 Å². The number of primary amides is 1. The number of piperidine rings is 1. The quantitative estimate of drug-likeness (QED) is 0.731. The number of thiophene rings is 1. The van der Waals surface area contributed by atoms with E-state index in [1.807, 2.05) is 40.6 Å². The highest BCUT2D eigenvalue weighted by Crippen LogP contribution is 2.34. The normalized spacial score (nSPS) is 20.8. The van der Waals surface area contributed by atoms with Crippen LogP contribution in [0, 0.1) is 5.92 Å². The first-order chi connectivity index (χ1) is 14.1. The fourth-order valence-corrected chi connectivity index (χ4v) is 4.57. The average molecular weight is 417 g/mol. The summed E-state index contributed by atoms with van der Waals surface area (Å²) in [6, 6.07) is 9.69. The molecule has 1 aromatic carbocycles. The lowest BCUT2D eigenvalue weighted by Crippen LogP contribution is -3.14. The first kappa shape index (κ1) is 19.7. The zero-order chi connectivity index (χ0) is 20.2. The van der Waals surface area contributed by atoms with E-state index in [1.54, 1.807) is 11.3 Å². The summed E-state index contributed by atoms with van der Waals surface area (Å²) in [4.78, 5) is 28.8. The molecule has 0 atom stereocenters. The van der Waals surface area contributed by atoms with Crippen molar-refractivity contribution in [1.82, 2.24) is 0 Å². The fourth-order valence-electron chi connectivity index (χ4n) is 3.88. The number of ether oxygens (including phenoxy) is 2. The van der Waals surface area contributed by atoms with E-state index in [4.69, 9.17) is 15.2 Å². The second-order valence-electron chi connectivity index (χ2n) is 7.49. The zero-order valence-electron chi connectivity index (χ0n) is 16.3. The van der Waals surface area contributed by atoms with Gasteiger partial charge in [0.2, 0.25) is 5.91 Å². The van der Waals surface area contributed by atoms with E-state index in [9.17, 15) is 9.59 Å². The van der Waals surface area contributed by atoms with Gasteiger partial charge in [-0.2, -0.15) is 0 Å². The van der Waals surface area contributed by atoms with Crippen LogP contribution in [0.15, 0.2) is 35.7 Å². The van der Waals surface area contributed by atoms with Gasteiger partial charge in [0.05, 0.1) is 19.6 Å². The number of hydrogen-bond donors (Lipinski definition) is 2. The Bertz CT molecular complexity index is 863. The predicted octanol–water partition coefficient (Wildman–Crippen LogP) is 0.833. The minimum absolute atomic E-state index is 0.0580. The van der Waals surface area contributed by atoms with Gasteiger partial charge in [-0.1, -0.05) is 6.07 Å². The number of nitrogens with one attached hydrogen (secondary N) is 1. The van der Waals surface area contributed by atoms with Crippen molar-refractivity contribution in [2.45, 2.75) is 19.4 Å². The largest absolute Gasteiger partial charge is 0.486 e. The molecule has 3 heterocycles. The standard InChI is InChI=1S/C21H25N3O4S/c22-21(26)15-5-7-23(8-6-15)14-20(25)24(13-17-2-1-11-29-17)16-3-4-18-19(12-16)28-10-9-27-18/h1-4,11-12,15H,5-10,13-14H2,(H2,22,26)/p+1. The monoisotopic (exact) mass is 416 g/mol. The molecule has 1 aromatic heterocycles.